The average Bonchev–Trinajstić information content (AvgIpc) is 3.39. The number of morpholine rings is 1. The number of nitrogens with two attached hydrogens (primary N) is 1. The molecule has 3 aromatic rings. The van der Waals surface area contributed by atoms with E-state index in [-0.39, 0.29) is 5.91 Å². The van der Waals surface area contributed by atoms with Gasteiger partial charge in [0.05, 0.1) is 44.3 Å². The Morgan fingerprint density at radius 2 is 2.15 bits per heavy atom. The number of fused-ring (bicyclic) bond motifs is 2. The Morgan fingerprint density at radius 1 is 1.29 bits per heavy atom. The highest BCUT2D eigenvalue weighted by Crippen LogP contribution is 2.30. The van der Waals surface area contributed by atoms with Crippen LogP contribution in [0.1, 0.15) is 11.3 Å². The van der Waals surface area contributed by atoms with Crippen molar-refractivity contribution >= 4 is 40.7 Å². The zero-order valence-electron chi connectivity index (χ0n) is 19.0. The summed E-state index contributed by atoms with van der Waals surface area (Å²) in [5.74, 6) is 0.508. The largest absolute Gasteiger partial charge is 0.404 e. The number of aromatic nitrogens is 4. The highest BCUT2D eigenvalue weighted by Gasteiger charge is 2.24. The number of carbonyl (C=O) groups excluding carboxylic acids is 1. The van der Waals surface area contributed by atoms with Gasteiger partial charge >= 0.3 is 0 Å². The minimum Gasteiger partial charge on any atom is -0.404 e. The van der Waals surface area contributed by atoms with Crippen molar-refractivity contribution in [2.24, 2.45) is 10.7 Å². The molecular formula is C23H27N9O2. The summed E-state index contributed by atoms with van der Waals surface area (Å²) in [7, 11) is 1.79. The van der Waals surface area contributed by atoms with Gasteiger partial charge in [-0.2, -0.15) is 4.98 Å². The quantitative estimate of drug-likeness (QED) is 0.501. The first-order valence-electron chi connectivity index (χ1n) is 11.2. The number of nitrogens with one attached hydrogen (secondary N) is 1. The minimum absolute atomic E-state index is 0.0847. The summed E-state index contributed by atoms with van der Waals surface area (Å²) in [4.78, 5) is 29.3. The molecule has 1 saturated heterocycles. The predicted octanol–water partition coefficient (Wildman–Crippen LogP) is 1.09. The Morgan fingerprint density at radius 3 is 2.97 bits per heavy atom. The van der Waals surface area contributed by atoms with E-state index in [0.717, 1.165) is 49.8 Å². The van der Waals surface area contributed by atoms with Gasteiger partial charge in [-0.05, 0) is 23.8 Å². The molecule has 0 atom stereocenters. The van der Waals surface area contributed by atoms with E-state index in [9.17, 15) is 4.79 Å². The van der Waals surface area contributed by atoms with E-state index in [1.165, 1.54) is 6.20 Å². The lowest BCUT2D eigenvalue weighted by atomic mass is 10.1. The Bertz CT molecular complexity index is 1260. The number of amides is 1. The molecule has 176 valence electrons. The first kappa shape index (κ1) is 22.0. The second kappa shape index (κ2) is 9.57. The summed E-state index contributed by atoms with van der Waals surface area (Å²) in [6.07, 6.45) is 6.97. The topological polar surface area (TPSA) is 126 Å². The van der Waals surface area contributed by atoms with Crippen LogP contribution in [0.4, 0.5) is 17.3 Å². The average molecular weight is 462 g/mol. The first-order chi connectivity index (χ1) is 16.6. The maximum absolute atomic E-state index is 12.0. The van der Waals surface area contributed by atoms with Gasteiger partial charge < -0.3 is 20.7 Å². The zero-order valence-corrected chi connectivity index (χ0v) is 19.0. The lowest BCUT2D eigenvalue weighted by Gasteiger charge is -2.25. The molecule has 0 unspecified atom stereocenters. The van der Waals surface area contributed by atoms with Crippen LogP contribution < -0.4 is 16.0 Å². The van der Waals surface area contributed by atoms with Gasteiger partial charge in [-0.15, -0.1) is 5.10 Å². The Kier molecular flexibility index (Phi) is 6.19. The van der Waals surface area contributed by atoms with Gasteiger partial charge in [0.25, 0.3) is 0 Å². The van der Waals surface area contributed by atoms with Gasteiger partial charge in [0.2, 0.25) is 11.9 Å². The standard InChI is InChI=1S/C23H27N9O2/c1-30-19-3-2-18(10-16(19)11-22(30)33)27-23-28-21-15-26-14-20(32(21)29-23)17(12-24)13-25-4-5-31-6-8-34-9-7-31/h2-3,10,12-15H,4-9,11,24H2,1H3,(H,27,29)/b17-12+,25-13?. The molecular weight excluding hydrogens is 434 g/mol. The van der Waals surface area contributed by atoms with Crippen molar-refractivity contribution in [3.05, 3.63) is 48.1 Å². The smallest absolute Gasteiger partial charge is 0.247 e. The summed E-state index contributed by atoms with van der Waals surface area (Å²) in [5.41, 5.74) is 10.6. The third-order valence-electron chi connectivity index (χ3n) is 6.01. The van der Waals surface area contributed by atoms with Crippen LogP contribution in [0.25, 0.3) is 11.2 Å². The molecule has 0 saturated carbocycles. The number of carbonyl (C=O) groups is 1. The van der Waals surface area contributed by atoms with Gasteiger partial charge in [0.15, 0.2) is 5.65 Å². The van der Waals surface area contributed by atoms with Crippen molar-refractivity contribution < 1.29 is 9.53 Å². The van der Waals surface area contributed by atoms with Crippen LogP contribution >= 0.6 is 0 Å². The number of nitrogens with zero attached hydrogens (tertiary/aromatic N) is 7. The van der Waals surface area contributed by atoms with E-state index in [0.29, 0.717) is 35.8 Å². The molecule has 1 amide bonds. The van der Waals surface area contributed by atoms with E-state index in [1.807, 2.05) is 18.2 Å². The van der Waals surface area contributed by atoms with Crippen molar-refractivity contribution in [3.63, 3.8) is 0 Å². The fourth-order valence-corrected chi connectivity index (χ4v) is 4.12. The molecule has 2 aromatic heterocycles. The maximum atomic E-state index is 12.0. The van der Waals surface area contributed by atoms with E-state index in [1.54, 1.807) is 35.1 Å². The minimum atomic E-state index is 0.0847. The van der Waals surface area contributed by atoms with Gasteiger partial charge in [-0.25, -0.2) is 4.52 Å². The number of hydrogen-bond donors (Lipinski definition) is 2. The molecule has 11 heteroatoms. The van der Waals surface area contributed by atoms with Crippen LogP contribution in [-0.2, 0) is 16.0 Å². The molecule has 34 heavy (non-hydrogen) atoms. The number of ether oxygens (including phenoxy) is 1. The number of allylic oxidation sites excluding steroid dienone is 1. The molecule has 0 spiro atoms. The lowest BCUT2D eigenvalue weighted by molar-refractivity contribution is -0.117. The molecule has 4 heterocycles. The number of likely N-dealkylation sites (N-methyl/N-ethyl adjacent to an activating group) is 1. The third kappa shape index (κ3) is 4.47. The normalized spacial score (nSPS) is 17.1. The Balaban J connectivity index is 1.31. The van der Waals surface area contributed by atoms with E-state index in [4.69, 9.17) is 10.5 Å². The van der Waals surface area contributed by atoms with Crippen molar-refractivity contribution in [1.82, 2.24) is 24.5 Å². The van der Waals surface area contributed by atoms with Crippen molar-refractivity contribution in [3.8, 4) is 0 Å². The second-order valence-corrected chi connectivity index (χ2v) is 8.21. The van der Waals surface area contributed by atoms with Crippen LogP contribution in [0.3, 0.4) is 0 Å². The molecule has 2 aliphatic rings. The van der Waals surface area contributed by atoms with E-state index < -0.39 is 0 Å². The highest BCUT2D eigenvalue weighted by molar-refractivity contribution is 6.09. The van der Waals surface area contributed by atoms with Gasteiger partial charge in [0.1, 0.15) is 0 Å². The molecule has 2 aliphatic heterocycles. The maximum Gasteiger partial charge on any atom is 0.247 e. The lowest BCUT2D eigenvalue weighted by Crippen LogP contribution is -2.37. The monoisotopic (exact) mass is 461 g/mol. The molecule has 0 bridgehead atoms. The van der Waals surface area contributed by atoms with Crippen LogP contribution in [-0.4, -0.2) is 83.0 Å². The zero-order chi connectivity index (χ0) is 23.5. The summed E-state index contributed by atoms with van der Waals surface area (Å²) in [5, 5.41) is 7.82. The molecule has 5 rings (SSSR count). The van der Waals surface area contributed by atoms with Gasteiger partial charge in [-0.1, -0.05) is 0 Å². The third-order valence-corrected chi connectivity index (χ3v) is 6.01. The number of benzene rings is 1. The Hall–Kier alpha value is -3.83. The fraction of sp³-hybridized carbons (Fsp3) is 0.348. The Labute approximate surface area is 196 Å². The second-order valence-electron chi connectivity index (χ2n) is 8.21. The van der Waals surface area contributed by atoms with Crippen molar-refractivity contribution in [1.29, 1.82) is 0 Å². The predicted molar refractivity (Wildman–Crippen MR) is 130 cm³/mol. The highest BCUT2D eigenvalue weighted by atomic mass is 16.5. The summed E-state index contributed by atoms with van der Waals surface area (Å²) in [6.45, 7) is 4.96. The fourth-order valence-electron chi connectivity index (χ4n) is 4.12. The number of aliphatic imine (C=N–C) groups is 1. The molecule has 0 radical (unpaired) electrons. The molecule has 0 aliphatic carbocycles. The van der Waals surface area contributed by atoms with E-state index in [2.05, 4.69) is 30.3 Å². The summed E-state index contributed by atoms with van der Waals surface area (Å²) in [6, 6.07) is 5.78. The van der Waals surface area contributed by atoms with Crippen LogP contribution in [0.15, 0.2) is 41.8 Å². The molecule has 3 N–H and O–H groups in total. The van der Waals surface area contributed by atoms with Crippen molar-refractivity contribution in [2.75, 3.05) is 56.7 Å². The molecule has 1 aromatic carbocycles. The van der Waals surface area contributed by atoms with E-state index >= 15 is 0 Å². The van der Waals surface area contributed by atoms with Crippen LogP contribution in [0, 0.1) is 0 Å². The molecule has 1 fully saturated rings. The van der Waals surface area contributed by atoms with Crippen LogP contribution in [0.2, 0.25) is 0 Å². The number of hydrogen-bond acceptors (Lipinski definition) is 9. The SMILES string of the molecule is CN1C(=O)Cc2cc(Nc3nc4cncc(/C(C=NCCN5CCOCC5)=C/N)n4n3)ccc21. The number of rotatable bonds is 7. The van der Waals surface area contributed by atoms with Crippen LogP contribution in [0.5, 0.6) is 0 Å². The van der Waals surface area contributed by atoms with Gasteiger partial charge in [0, 0.05) is 56.0 Å². The molecule has 11 nitrogen and oxygen atoms in total. The number of anilines is 3. The summed E-state index contributed by atoms with van der Waals surface area (Å²) >= 11 is 0. The van der Waals surface area contributed by atoms with Crippen molar-refractivity contribution in [2.45, 2.75) is 6.42 Å². The first-order valence-corrected chi connectivity index (χ1v) is 11.2. The summed E-state index contributed by atoms with van der Waals surface area (Å²) < 4.78 is 7.07. The van der Waals surface area contributed by atoms with Gasteiger partial charge in [-0.3, -0.25) is 19.7 Å².